The highest BCUT2D eigenvalue weighted by Crippen LogP contribution is 2.45. The van der Waals surface area contributed by atoms with E-state index in [-0.39, 0.29) is 5.41 Å². The Morgan fingerprint density at radius 1 is 0.449 bits per heavy atom. The highest BCUT2D eigenvalue weighted by atomic mass is 15.1. The summed E-state index contributed by atoms with van der Waals surface area (Å²) in [7, 11) is 0. The molecule has 0 atom stereocenters. The second-order valence-corrected chi connectivity index (χ2v) is 14.0. The summed E-state index contributed by atoms with van der Waals surface area (Å²) in [5.41, 5.74) is 10.6. The van der Waals surface area contributed by atoms with Crippen molar-refractivity contribution in [3.05, 3.63) is 169 Å². The predicted molar refractivity (Wildman–Crippen MR) is 209 cm³/mol. The predicted octanol–water partition coefficient (Wildman–Crippen LogP) is 12.8. The maximum atomic E-state index is 5.13. The van der Waals surface area contributed by atoms with Gasteiger partial charge < -0.3 is 0 Å². The summed E-state index contributed by atoms with van der Waals surface area (Å²) in [6, 6.07) is 59.5. The quantitative estimate of drug-likeness (QED) is 0.177. The van der Waals surface area contributed by atoms with Crippen LogP contribution >= 0.6 is 0 Å². The van der Waals surface area contributed by atoms with E-state index in [2.05, 4.69) is 189 Å². The normalized spacial score (nSPS) is 12.0. The minimum atomic E-state index is 0.0145. The van der Waals surface area contributed by atoms with Crippen molar-refractivity contribution < 1.29 is 0 Å². The first-order valence-corrected chi connectivity index (χ1v) is 17.1. The van der Waals surface area contributed by atoms with E-state index >= 15 is 0 Å². The molecule has 0 aliphatic carbocycles. The Hall–Kier alpha value is -5.99. The molecule has 0 spiro atoms. The van der Waals surface area contributed by atoms with Gasteiger partial charge in [0.25, 0.3) is 0 Å². The molecule has 0 amide bonds. The van der Waals surface area contributed by atoms with Crippen molar-refractivity contribution >= 4 is 43.4 Å². The standard InChI is InChI=1S/C47H36N2/c1-47(2,3)36-27-28-40-41(30-36)44(38-17-9-10-18-39(38)45(40)35-26-21-31-13-7-8-14-34(31)29-35)32-22-24-33(25-23-32)46-48-42-19-11-12-20-43(42)49(46)37-15-5-4-6-16-37/h4-30H,1-3H3. The van der Waals surface area contributed by atoms with Gasteiger partial charge in [0, 0.05) is 11.3 Å². The number of nitrogens with zero attached hydrogens (tertiary/aromatic N) is 2. The molecule has 49 heavy (non-hydrogen) atoms. The van der Waals surface area contributed by atoms with Crippen LogP contribution in [0.4, 0.5) is 0 Å². The summed E-state index contributed by atoms with van der Waals surface area (Å²) in [5.74, 6) is 0.940. The molecule has 0 aliphatic rings. The lowest BCUT2D eigenvalue weighted by Crippen LogP contribution is -2.10. The van der Waals surface area contributed by atoms with Crippen molar-refractivity contribution in [3.63, 3.8) is 0 Å². The topological polar surface area (TPSA) is 17.8 Å². The number of benzene rings is 8. The molecule has 9 rings (SSSR count). The zero-order valence-corrected chi connectivity index (χ0v) is 28.0. The van der Waals surface area contributed by atoms with Crippen LogP contribution in [-0.2, 0) is 5.41 Å². The molecule has 234 valence electrons. The van der Waals surface area contributed by atoms with Crippen molar-refractivity contribution in [1.82, 2.24) is 9.55 Å². The maximum absolute atomic E-state index is 5.13. The number of aromatic nitrogens is 2. The van der Waals surface area contributed by atoms with E-state index in [1.807, 2.05) is 0 Å². The molecule has 0 fully saturated rings. The van der Waals surface area contributed by atoms with E-state index < -0.39 is 0 Å². The summed E-state index contributed by atoms with van der Waals surface area (Å²) >= 11 is 0. The molecule has 0 aliphatic heterocycles. The highest BCUT2D eigenvalue weighted by molar-refractivity contribution is 6.22. The van der Waals surface area contributed by atoms with E-state index in [0.717, 1.165) is 28.1 Å². The average molecular weight is 629 g/mol. The summed E-state index contributed by atoms with van der Waals surface area (Å²) in [6.07, 6.45) is 0. The van der Waals surface area contributed by atoms with Gasteiger partial charge in [-0.2, -0.15) is 0 Å². The lowest BCUT2D eigenvalue weighted by Gasteiger charge is -2.23. The molecule has 0 N–H and O–H groups in total. The van der Waals surface area contributed by atoms with Gasteiger partial charge in [0.15, 0.2) is 0 Å². The Morgan fingerprint density at radius 3 is 1.80 bits per heavy atom. The van der Waals surface area contributed by atoms with Gasteiger partial charge in [0.1, 0.15) is 5.82 Å². The van der Waals surface area contributed by atoms with Gasteiger partial charge in [-0.15, -0.1) is 0 Å². The molecule has 0 bridgehead atoms. The Kier molecular flexibility index (Phi) is 6.74. The summed E-state index contributed by atoms with van der Waals surface area (Å²) in [4.78, 5) is 5.13. The average Bonchev–Trinajstić information content (AvgIpc) is 3.53. The first-order valence-electron chi connectivity index (χ1n) is 17.1. The van der Waals surface area contributed by atoms with Gasteiger partial charge in [-0.1, -0.05) is 148 Å². The minimum absolute atomic E-state index is 0.0145. The molecule has 0 saturated carbocycles. The van der Waals surface area contributed by atoms with Gasteiger partial charge in [-0.3, -0.25) is 4.57 Å². The van der Waals surface area contributed by atoms with Crippen LogP contribution in [0.25, 0.3) is 82.7 Å². The Balaban J connectivity index is 1.29. The van der Waals surface area contributed by atoms with Crippen LogP contribution < -0.4 is 0 Å². The van der Waals surface area contributed by atoms with Crippen molar-refractivity contribution in [2.24, 2.45) is 0 Å². The van der Waals surface area contributed by atoms with Crippen molar-refractivity contribution in [1.29, 1.82) is 0 Å². The fourth-order valence-corrected chi connectivity index (χ4v) is 7.46. The highest BCUT2D eigenvalue weighted by Gasteiger charge is 2.21. The van der Waals surface area contributed by atoms with E-state index in [9.17, 15) is 0 Å². The molecule has 8 aromatic carbocycles. The number of imidazole rings is 1. The van der Waals surface area contributed by atoms with Gasteiger partial charge in [-0.05, 0) is 102 Å². The van der Waals surface area contributed by atoms with Gasteiger partial charge in [0.2, 0.25) is 0 Å². The molecule has 0 unspecified atom stereocenters. The third-order valence-electron chi connectivity index (χ3n) is 9.94. The Bertz CT molecular complexity index is 2670. The molecule has 2 nitrogen and oxygen atoms in total. The summed E-state index contributed by atoms with van der Waals surface area (Å²) in [5, 5.41) is 7.58. The van der Waals surface area contributed by atoms with E-state index in [1.165, 1.54) is 60.1 Å². The van der Waals surface area contributed by atoms with Crippen molar-refractivity contribution in [2.45, 2.75) is 26.2 Å². The molecule has 9 aromatic rings. The smallest absolute Gasteiger partial charge is 0.145 e. The monoisotopic (exact) mass is 628 g/mol. The molecular formula is C47H36N2. The molecule has 1 aromatic heterocycles. The third-order valence-corrected chi connectivity index (χ3v) is 9.94. The van der Waals surface area contributed by atoms with Crippen LogP contribution in [0.2, 0.25) is 0 Å². The first kappa shape index (κ1) is 29.2. The molecular weight excluding hydrogens is 593 g/mol. The molecule has 0 radical (unpaired) electrons. The van der Waals surface area contributed by atoms with Crippen LogP contribution in [0.5, 0.6) is 0 Å². The zero-order chi connectivity index (χ0) is 33.1. The fraction of sp³-hybridized carbons (Fsp3) is 0.0851. The van der Waals surface area contributed by atoms with Crippen molar-refractivity contribution in [2.75, 3.05) is 0 Å². The number of fused-ring (bicyclic) bond motifs is 4. The SMILES string of the molecule is CC(C)(C)c1ccc2c(-c3ccc4ccccc4c3)c3ccccc3c(-c3ccc(-c4nc5ccccc5n4-c4ccccc4)cc3)c2c1. The second kappa shape index (κ2) is 11.3. The fourth-order valence-electron chi connectivity index (χ4n) is 7.46. The largest absolute Gasteiger partial charge is 0.292 e. The van der Waals surface area contributed by atoms with E-state index in [1.54, 1.807) is 0 Å². The van der Waals surface area contributed by atoms with Crippen LogP contribution in [0.3, 0.4) is 0 Å². The number of rotatable bonds is 4. The Labute approximate surface area is 286 Å². The Morgan fingerprint density at radius 2 is 1.04 bits per heavy atom. The lowest BCUT2D eigenvalue weighted by molar-refractivity contribution is 0.591. The van der Waals surface area contributed by atoms with Crippen LogP contribution in [0, 0.1) is 0 Å². The van der Waals surface area contributed by atoms with Crippen molar-refractivity contribution in [3.8, 4) is 39.3 Å². The van der Waals surface area contributed by atoms with E-state index in [0.29, 0.717) is 0 Å². The maximum Gasteiger partial charge on any atom is 0.145 e. The number of para-hydroxylation sites is 3. The van der Waals surface area contributed by atoms with E-state index in [4.69, 9.17) is 4.98 Å². The van der Waals surface area contributed by atoms with Crippen LogP contribution in [0.1, 0.15) is 26.3 Å². The minimum Gasteiger partial charge on any atom is -0.292 e. The van der Waals surface area contributed by atoms with Crippen LogP contribution in [-0.4, -0.2) is 9.55 Å². The molecule has 2 heteroatoms. The third kappa shape index (κ3) is 4.91. The lowest BCUT2D eigenvalue weighted by atomic mass is 9.81. The molecule has 0 saturated heterocycles. The second-order valence-electron chi connectivity index (χ2n) is 14.0. The van der Waals surface area contributed by atoms with Crippen LogP contribution in [0.15, 0.2) is 164 Å². The molecule has 1 heterocycles. The van der Waals surface area contributed by atoms with Gasteiger partial charge >= 0.3 is 0 Å². The summed E-state index contributed by atoms with van der Waals surface area (Å²) < 4.78 is 2.27. The summed E-state index contributed by atoms with van der Waals surface area (Å²) in [6.45, 7) is 6.90. The first-order chi connectivity index (χ1) is 23.9. The number of hydrogen-bond donors (Lipinski definition) is 0. The van der Waals surface area contributed by atoms with Gasteiger partial charge in [-0.25, -0.2) is 4.98 Å². The zero-order valence-electron chi connectivity index (χ0n) is 28.0. The van der Waals surface area contributed by atoms with Gasteiger partial charge in [0.05, 0.1) is 11.0 Å². The number of hydrogen-bond acceptors (Lipinski definition) is 1.